The van der Waals surface area contributed by atoms with Gasteiger partial charge >= 0.3 is 5.97 Å². The van der Waals surface area contributed by atoms with E-state index in [1.165, 1.54) is 0 Å². The molecule has 1 unspecified atom stereocenters. The maximum Gasteiger partial charge on any atom is 0.304 e. The van der Waals surface area contributed by atoms with Gasteiger partial charge in [-0.2, -0.15) is 0 Å². The minimum Gasteiger partial charge on any atom is -0.481 e. The number of carboxylic acid groups (broad SMARTS) is 1. The van der Waals surface area contributed by atoms with E-state index in [4.69, 9.17) is 5.11 Å². The Morgan fingerprint density at radius 1 is 1.10 bits per heavy atom. The summed E-state index contributed by atoms with van der Waals surface area (Å²) in [5.74, 6) is -1.33. The Labute approximate surface area is 121 Å². The van der Waals surface area contributed by atoms with Crippen LogP contribution in [0.2, 0.25) is 0 Å². The summed E-state index contributed by atoms with van der Waals surface area (Å²) >= 11 is 0. The van der Waals surface area contributed by atoms with E-state index in [1.807, 2.05) is 19.1 Å². The zero-order valence-corrected chi connectivity index (χ0v) is 12.4. The molecule has 0 aliphatic carbocycles. The van der Waals surface area contributed by atoms with E-state index in [9.17, 15) is 9.59 Å². The molecule has 0 saturated heterocycles. The van der Waals surface area contributed by atoms with E-state index >= 15 is 0 Å². The van der Waals surface area contributed by atoms with Gasteiger partial charge in [0.05, 0.1) is 6.42 Å². The number of aryl methyl sites for hydroxylation is 1. The number of Topliss-reactive ketones (excluding diaryl/α,β-unsaturated/α-hetero) is 1. The zero-order valence-electron chi connectivity index (χ0n) is 12.4. The predicted octanol–water partition coefficient (Wildman–Crippen LogP) is 4.24. The fourth-order valence-electron chi connectivity index (χ4n) is 2.31. The number of benzene rings is 1. The summed E-state index contributed by atoms with van der Waals surface area (Å²) in [5.41, 5.74) is 1.72. The lowest BCUT2D eigenvalue weighted by molar-refractivity contribution is -0.137. The fraction of sp³-hybridized carbons (Fsp3) is 0.529. The number of unbranched alkanes of at least 4 members (excludes halogenated alkanes) is 3. The van der Waals surface area contributed by atoms with Crippen molar-refractivity contribution in [3.8, 4) is 0 Å². The molecule has 0 fully saturated rings. The third kappa shape index (κ3) is 5.55. The highest BCUT2D eigenvalue weighted by Crippen LogP contribution is 2.20. The smallest absolute Gasteiger partial charge is 0.304 e. The van der Waals surface area contributed by atoms with E-state index in [2.05, 4.69) is 6.92 Å². The van der Waals surface area contributed by atoms with Crippen molar-refractivity contribution in [1.82, 2.24) is 0 Å². The van der Waals surface area contributed by atoms with Crippen LogP contribution in [-0.4, -0.2) is 16.9 Å². The molecule has 0 heterocycles. The van der Waals surface area contributed by atoms with Crippen molar-refractivity contribution < 1.29 is 14.7 Å². The molecule has 3 heteroatoms. The van der Waals surface area contributed by atoms with Gasteiger partial charge in [-0.15, -0.1) is 0 Å². The SMILES string of the molecule is CCCCCCC(CC(=O)O)C(=O)c1ccc(C)cc1. The number of carbonyl (C=O) groups excluding carboxylic acids is 1. The van der Waals surface area contributed by atoms with E-state index in [1.54, 1.807) is 12.1 Å². The zero-order chi connectivity index (χ0) is 15.0. The molecule has 1 atom stereocenters. The number of rotatable bonds is 9. The maximum absolute atomic E-state index is 12.4. The lowest BCUT2D eigenvalue weighted by Crippen LogP contribution is -2.18. The topological polar surface area (TPSA) is 54.4 Å². The average Bonchev–Trinajstić information content (AvgIpc) is 2.42. The summed E-state index contributed by atoms with van der Waals surface area (Å²) in [7, 11) is 0. The Morgan fingerprint density at radius 3 is 2.30 bits per heavy atom. The maximum atomic E-state index is 12.4. The molecule has 1 aromatic rings. The van der Waals surface area contributed by atoms with Crippen LogP contribution in [0.1, 0.15) is 61.4 Å². The molecule has 0 aromatic heterocycles. The standard InChI is InChI=1S/C17H24O3/c1-3-4-5-6-7-15(12-16(18)19)17(20)14-10-8-13(2)9-11-14/h8-11,15H,3-7,12H2,1-2H3,(H,18,19). The molecule has 0 saturated carbocycles. The van der Waals surface area contributed by atoms with Gasteiger partial charge in [-0.25, -0.2) is 0 Å². The minimum absolute atomic E-state index is 0.0381. The first-order valence-corrected chi connectivity index (χ1v) is 7.37. The van der Waals surface area contributed by atoms with E-state index in [-0.39, 0.29) is 12.2 Å². The van der Waals surface area contributed by atoms with Crippen LogP contribution >= 0.6 is 0 Å². The molecule has 0 spiro atoms. The number of carboxylic acids is 1. The van der Waals surface area contributed by atoms with Crippen molar-refractivity contribution in [2.24, 2.45) is 5.92 Å². The van der Waals surface area contributed by atoms with Crippen LogP contribution in [0.15, 0.2) is 24.3 Å². The van der Waals surface area contributed by atoms with Gasteiger partial charge in [0.15, 0.2) is 5.78 Å². The molecule has 20 heavy (non-hydrogen) atoms. The first-order valence-electron chi connectivity index (χ1n) is 7.37. The molecule has 0 aliphatic heterocycles. The lowest BCUT2D eigenvalue weighted by Gasteiger charge is -2.14. The average molecular weight is 276 g/mol. The Bertz CT molecular complexity index is 434. The number of hydrogen-bond acceptors (Lipinski definition) is 2. The first-order chi connectivity index (χ1) is 9.54. The normalized spacial score (nSPS) is 12.1. The Kier molecular flexibility index (Phi) is 6.99. The van der Waals surface area contributed by atoms with E-state index in [0.717, 1.165) is 31.2 Å². The second-order valence-corrected chi connectivity index (χ2v) is 5.37. The molecule has 110 valence electrons. The first kappa shape index (κ1) is 16.4. The Balaban J connectivity index is 2.68. The molecule has 0 amide bonds. The summed E-state index contributed by atoms with van der Waals surface area (Å²) in [6, 6.07) is 7.36. The van der Waals surface area contributed by atoms with Gasteiger partial charge in [-0.05, 0) is 13.3 Å². The van der Waals surface area contributed by atoms with Crippen molar-refractivity contribution in [1.29, 1.82) is 0 Å². The van der Waals surface area contributed by atoms with E-state index in [0.29, 0.717) is 12.0 Å². The van der Waals surface area contributed by atoms with Gasteiger partial charge in [0.25, 0.3) is 0 Å². The summed E-state index contributed by atoms with van der Waals surface area (Å²) in [4.78, 5) is 23.3. The number of hydrogen-bond donors (Lipinski definition) is 1. The van der Waals surface area contributed by atoms with Crippen LogP contribution in [0.4, 0.5) is 0 Å². The van der Waals surface area contributed by atoms with Gasteiger partial charge < -0.3 is 5.11 Å². The van der Waals surface area contributed by atoms with Crippen molar-refractivity contribution in [2.45, 2.75) is 52.4 Å². The minimum atomic E-state index is -0.897. The monoisotopic (exact) mass is 276 g/mol. The summed E-state index contributed by atoms with van der Waals surface area (Å²) in [6.45, 7) is 4.10. The van der Waals surface area contributed by atoms with Crippen LogP contribution in [-0.2, 0) is 4.79 Å². The van der Waals surface area contributed by atoms with Crippen LogP contribution in [0.5, 0.6) is 0 Å². The van der Waals surface area contributed by atoms with Crippen LogP contribution in [0, 0.1) is 12.8 Å². The van der Waals surface area contributed by atoms with Gasteiger partial charge in [0, 0.05) is 11.5 Å². The number of carbonyl (C=O) groups is 2. The van der Waals surface area contributed by atoms with Gasteiger partial charge in [-0.1, -0.05) is 62.4 Å². The van der Waals surface area contributed by atoms with Crippen LogP contribution in [0.3, 0.4) is 0 Å². The highest BCUT2D eigenvalue weighted by molar-refractivity contribution is 5.99. The highest BCUT2D eigenvalue weighted by atomic mass is 16.4. The molecule has 0 radical (unpaired) electrons. The molecule has 1 rings (SSSR count). The van der Waals surface area contributed by atoms with Crippen molar-refractivity contribution in [3.05, 3.63) is 35.4 Å². The van der Waals surface area contributed by atoms with Crippen molar-refractivity contribution in [2.75, 3.05) is 0 Å². The second kappa shape index (κ2) is 8.51. The van der Waals surface area contributed by atoms with Gasteiger partial charge in [-0.3, -0.25) is 9.59 Å². The molecule has 0 bridgehead atoms. The molecular weight excluding hydrogens is 252 g/mol. The third-order valence-electron chi connectivity index (χ3n) is 3.53. The Hall–Kier alpha value is -1.64. The molecule has 3 nitrogen and oxygen atoms in total. The molecule has 1 aromatic carbocycles. The molecular formula is C17H24O3. The van der Waals surface area contributed by atoms with Crippen molar-refractivity contribution in [3.63, 3.8) is 0 Å². The third-order valence-corrected chi connectivity index (χ3v) is 3.53. The summed E-state index contributed by atoms with van der Waals surface area (Å²) in [5, 5.41) is 8.97. The van der Waals surface area contributed by atoms with Gasteiger partial charge in [0.1, 0.15) is 0 Å². The molecule has 1 N–H and O–H groups in total. The van der Waals surface area contributed by atoms with E-state index < -0.39 is 11.9 Å². The largest absolute Gasteiger partial charge is 0.481 e. The van der Waals surface area contributed by atoms with Gasteiger partial charge in [0.2, 0.25) is 0 Å². The highest BCUT2D eigenvalue weighted by Gasteiger charge is 2.22. The molecule has 0 aliphatic rings. The second-order valence-electron chi connectivity index (χ2n) is 5.37. The quantitative estimate of drug-likeness (QED) is 0.542. The van der Waals surface area contributed by atoms with Crippen LogP contribution < -0.4 is 0 Å². The number of aliphatic carboxylic acids is 1. The van der Waals surface area contributed by atoms with Crippen molar-refractivity contribution >= 4 is 11.8 Å². The number of ketones is 1. The fourth-order valence-corrected chi connectivity index (χ4v) is 2.31. The summed E-state index contributed by atoms with van der Waals surface area (Å²) < 4.78 is 0. The lowest BCUT2D eigenvalue weighted by atomic mass is 9.89. The van der Waals surface area contributed by atoms with Crippen LogP contribution in [0.25, 0.3) is 0 Å². The predicted molar refractivity (Wildman–Crippen MR) is 80.0 cm³/mol. The Morgan fingerprint density at radius 2 is 1.75 bits per heavy atom. The summed E-state index contributed by atoms with van der Waals surface area (Å²) in [6.07, 6.45) is 4.85.